The predicted molar refractivity (Wildman–Crippen MR) is 96.1 cm³/mol. The third kappa shape index (κ3) is 5.25. The summed E-state index contributed by atoms with van der Waals surface area (Å²) < 4.78 is 5.59. The average Bonchev–Trinajstić information content (AvgIpc) is 2.60. The number of carbonyl (C=O) groups is 1. The van der Waals surface area contributed by atoms with E-state index in [-0.39, 0.29) is 18.3 Å². The summed E-state index contributed by atoms with van der Waals surface area (Å²) in [5.41, 5.74) is 0. The number of rotatable bonds is 8. The number of Topliss-reactive ketones (excluding diaryl/α,β-unsaturated/α-hetero) is 1. The number of hydrogen-bond acceptors (Lipinski definition) is 5. The molecule has 0 radical (unpaired) electrons. The molecule has 5 nitrogen and oxygen atoms in total. The molecule has 1 aliphatic carbocycles. The van der Waals surface area contributed by atoms with E-state index in [1.165, 1.54) is 19.3 Å². The molecule has 1 aliphatic heterocycles. The number of ketones is 1. The van der Waals surface area contributed by atoms with Crippen LogP contribution in [0, 0.1) is 17.8 Å². The van der Waals surface area contributed by atoms with E-state index in [9.17, 15) is 20.1 Å². The minimum atomic E-state index is -1.23. The Morgan fingerprint density at radius 3 is 2.32 bits per heavy atom. The molecular weight excluding hydrogens is 320 g/mol. The van der Waals surface area contributed by atoms with E-state index >= 15 is 0 Å². The van der Waals surface area contributed by atoms with Crippen LogP contribution >= 0.6 is 0 Å². The molecule has 7 atom stereocenters. The first-order valence-electron chi connectivity index (χ1n) is 10.2. The van der Waals surface area contributed by atoms with Crippen molar-refractivity contribution in [2.24, 2.45) is 17.8 Å². The molecule has 1 heterocycles. The summed E-state index contributed by atoms with van der Waals surface area (Å²) in [6.45, 7) is 4.35. The number of hydrogen-bond donors (Lipinski definition) is 3. The molecule has 0 bridgehead atoms. The van der Waals surface area contributed by atoms with E-state index < -0.39 is 24.4 Å². The largest absolute Gasteiger partial charge is 0.388 e. The maximum absolute atomic E-state index is 12.8. The molecule has 25 heavy (non-hydrogen) atoms. The number of unbranched alkanes of at least 4 members (excludes halogenated alkanes) is 3. The van der Waals surface area contributed by atoms with Crippen LogP contribution < -0.4 is 0 Å². The van der Waals surface area contributed by atoms with Crippen LogP contribution in [0.3, 0.4) is 0 Å². The molecular formula is C20H36O5. The Kier molecular flexibility index (Phi) is 8.33. The standard InChI is InChI=1S/C20H36O5/c1-3-5-7-9-14-11-16(21)15(10-13(14)8-6-4-2)20-19(24)18(23)17(22)12-25-20/h13-15,17-20,22-24H,3-12H2,1-2H3/t13-,14-,15+,17?,18?,19?,20?/m0/s1. The highest BCUT2D eigenvalue weighted by molar-refractivity contribution is 5.82. The zero-order chi connectivity index (χ0) is 18.4. The van der Waals surface area contributed by atoms with Gasteiger partial charge in [-0.05, 0) is 24.7 Å². The summed E-state index contributed by atoms with van der Waals surface area (Å²) in [6, 6.07) is 0. The van der Waals surface area contributed by atoms with Gasteiger partial charge in [0.15, 0.2) is 0 Å². The normalized spacial score (nSPS) is 39.6. The minimum Gasteiger partial charge on any atom is -0.388 e. The lowest BCUT2D eigenvalue weighted by Crippen LogP contribution is -2.57. The fourth-order valence-corrected chi connectivity index (χ4v) is 4.54. The van der Waals surface area contributed by atoms with E-state index in [4.69, 9.17) is 4.74 Å². The molecule has 0 aromatic rings. The van der Waals surface area contributed by atoms with Gasteiger partial charge in [0.2, 0.25) is 0 Å². The third-order valence-electron chi connectivity index (χ3n) is 6.14. The van der Waals surface area contributed by atoms with E-state index in [1.54, 1.807) is 0 Å². The Bertz CT molecular complexity index is 413. The molecule has 2 aliphatic rings. The van der Waals surface area contributed by atoms with Crippen LogP contribution in [0.1, 0.15) is 71.6 Å². The van der Waals surface area contributed by atoms with Gasteiger partial charge >= 0.3 is 0 Å². The van der Waals surface area contributed by atoms with Crippen LogP contribution in [0.15, 0.2) is 0 Å². The molecule has 2 rings (SSSR count). The summed E-state index contributed by atoms with van der Waals surface area (Å²) in [4.78, 5) is 12.8. The topological polar surface area (TPSA) is 87.0 Å². The lowest BCUT2D eigenvalue weighted by Gasteiger charge is -2.43. The molecule has 5 heteroatoms. The minimum absolute atomic E-state index is 0.0216. The highest BCUT2D eigenvalue weighted by Gasteiger charge is 2.47. The molecule has 0 spiro atoms. The highest BCUT2D eigenvalue weighted by Crippen LogP contribution is 2.41. The number of aliphatic hydroxyl groups is 3. The van der Waals surface area contributed by atoms with Gasteiger partial charge in [0.1, 0.15) is 24.1 Å². The Morgan fingerprint density at radius 1 is 0.960 bits per heavy atom. The van der Waals surface area contributed by atoms with Crippen LogP contribution in [-0.2, 0) is 9.53 Å². The van der Waals surface area contributed by atoms with Gasteiger partial charge in [-0.1, -0.05) is 52.4 Å². The van der Waals surface area contributed by atoms with E-state index in [1.807, 2.05) is 0 Å². The number of ether oxygens (including phenoxy) is 1. The molecule has 2 fully saturated rings. The Balaban J connectivity index is 2.04. The fourth-order valence-electron chi connectivity index (χ4n) is 4.54. The van der Waals surface area contributed by atoms with Gasteiger partial charge in [0.05, 0.1) is 12.7 Å². The highest BCUT2D eigenvalue weighted by atomic mass is 16.5. The van der Waals surface area contributed by atoms with Crippen LogP contribution in [0.25, 0.3) is 0 Å². The van der Waals surface area contributed by atoms with Crippen molar-refractivity contribution >= 4 is 5.78 Å². The average molecular weight is 357 g/mol. The lowest BCUT2D eigenvalue weighted by atomic mass is 9.67. The van der Waals surface area contributed by atoms with Gasteiger partial charge in [-0.15, -0.1) is 0 Å². The van der Waals surface area contributed by atoms with Crippen LogP contribution in [0.5, 0.6) is 0 Å². The van der Waals surface area contributed by atoms with Crippen molar-refractivity contribution < 1.29 is 24.9 Å². The number of aliphatic hydroxyl groups excluding tert-OH is 3. The molecule has 3 N–H and O–H groups in total. The predicted octanol–water partition coefficient (Wildman–Crippen LogP) is 2.45. The zero-order valence-corrected chi connectivity index (χ0v) is 15.8. The molecule has 0 aromatic heterocycles. The van der Waals surface area contributed by atoms with E-state index in [0.29, 0.717) is 18.3 Å². The van der Waals surface area contributed by atoms with Crippen LogP contribution in [0.4, 0.5) is 0 Å². The van der Waals surface area contributed by atoms with Crippen LogP contribution in [0.2, 0.25) is 0 Å². The van der Waals surface area contributed by atoms with Gasteiger partial charge < -0.3 is 20.1 Å². The van der Waals surface area contributed by atoms with Crippen molar-refractivity contribution in [3.05, 3.63) is 0 Å². The third-order valence-corrected chi connectivity index (χ3v) is 6.14. The molecule has 0 amide bonds. The van der Waals surface area contributed by atoms with Gasteiger partial charge in [-0.25, -0.2) is 0 Å². The molecule has 146 valence electrons. The molecule has 1 saturated carbocycles. The second kappa shape index (κ2) is 10.0. The Labute approximate surface area is 151 Å². The Morgan fingerprint density at radius 2 is 1.64 bits per heavy atom. The quantitative estimate of drug-likeness (QED) is 0.582. The second-order valence-electron chi connectivity index (χ2n) is 8.02. The maximum Gasteiger partial charge on any atom is 0.138 e. The van der Waals surface area contributed by atoms with Crippen molar-refractivity contribution in [2.45, 2.75) is 96.1 Å². The van der Waals surface area contributed by atoms with E-state index in [2.05, 4.69) is 13.8 Å². The summed E-state index contributed by atoms with van der Waals surface area (Å²) in [6.07, 6.45) is 5.20. The zero-order valence-electron chi connectivity index (χ0n) is 15.8. The summed E-state index contributed by atoms with van der Waals surface area (Å²) in [5.74, 6) is 0.723. The first kappa shape index (κ1) is 20.8. The summed E-state index contributed by atoms with van der Waals surface area (Å²) in [5, 5.41) is 29.9. The maximum atomic E-state index is 12.8. The van der Waals surface area contributed by atoms with Crippen LogP contribution in [-0.4, -0.2) is 52.1 Å². The second-order valence-corrected chi connectivity index (χ2v) is 8.02. The first-order chi connectivity index (χ1) is 12.0. The van der Waals surface area contributed by atoms with Crippen molar-refractivity contribution in [3.63, 3.8) is 0 Å². The van der Waals surface area contributed by atoms with Crippen molar-refractivity contribution in [3.8, 4) is 0 Å². The SMILES string of the molecule is CCCCC[C@H]1CC(=O)[C@H](C2OCC(O)C(O)C2O)C[C@@H]1CCCC. The summed E-state index contributed by atoms with van der Waals surface area (Å²) in [7, 11) is 0. The van der Waals surface area contributed by atoms with Gasteiger partial charge in [0, 0.05) is 12.3 Å². The first-order valence-corrected chi connectivity index (χ1v) is 10.2. The molecule has 4 unspecified atom stereocenters. The van der Waals surface area contributed by atoms with Gasteiger partial charge in [-0.3, -0.25) is 4.79 Å². The van der Waals surface area contributed by atoms with Crippen molar-refractivity contribution in [2.75, 3.05) is 6.61 Å². The van der Waals surface area contributed by atoms with Crippen molar-refractivity contribution in [1.82, 2.24) is 0 Å². The van der Waals surface area contributed by atoms with Gasteiger partial charge in [0.25, 0.3) is 0 Å². The Hall–Kier alpha value is -0.490. The fraction of sp³-hybridized carbons (Fsp3) is 0.950. The molecule has 0 aromatic carbocycles. The smallest absolute Gasteiger partial charge is 0.138 e. The molecule has 1 saturated heterocycles. The number of carbonyl (C=O) groups excluding carboxylic acids is 1. The van der Waals surface area contributed by atoms with Crippen molar-refractivity contribution in [1.29, 1.82) is 0 Å². The van der Waals surface area contributed by atoms with Gasteiger partial charge in [-0.2, -0.15) is 0 Å². The van der Waals surface area contributed by atoms with E-state index in [0.717, 1.165) is 32.1 Å². The monoisotopic (exact) mass is 356 g/mol. The lowest BCUT2D eigenvalue weighted by molar-refractivity contribution is -0.205. The summed E-state index contributed by atoms with van der Waals surface area (Å²) >= 11 is 0.